The van der Waals surface area contributed by atoms with Crippen LogP contribution in [0.5, 0.6) is 5.75 Å². The van der Waals surface area contributed by atoms with Crippen molar-refractivity contribution in [1.29, 1.82) is 0 Å². The van der Waals surface area contributed by atoms with Gasteiger partial charge in [0.15, 0.2) is 0 Å². The number of aromatic amines is 1. The Hall–Kier alpha value is -1.75. The van der Waals surface area contributed by atoms with Gasteiger partial charge in [-0.2, -0.15) is 0 Å². The quantitative estimate of drug-likeness (QED) is 0.892. The van der Waals surface area contributed by atoms with Gasteiger partial charge < -0.3 is 14.5 Å². The second-order valence-electron chi connectivity index (χ2n) is 4.65. The van der Waals surface area contributed by atoms with E-state index in [9.17, 15) is 4.79 Å². The van der Waals surface area contributed by atoms with Gasteiger partial charge in [0.25, 0.3) is 0 Å². The first-order valence-electron chi connectivity index (χ1n) is 6.12. The van der Waals surface area contributed by atoms with E-state index < -0.39 is 0 Å². The molecule has 1 aromatic heterocycles. The van der Waals surface area contributed by atoms with Crippen molar-refractivity contribution in [3.63, 3.8) is 0 Å². The summed E-state index contributed by atoms with van der Waals surface area (Å²) in [5.74, 6) is 1.18. The minimum Gasteiger partial charge on any atom is -0.497 e. The van der Waals surface area contributed by atoms with Crippen LogP contribution in [0.4, 0.5) is 0 Å². The number of aromatic nitrogens is 2. The number of H-pyrrole nitrogens is 1. The molecule has 1 unspecified atom stereocenters. The molecule has 0 spiro atoms. The van der Waals surface area contributed by atoms with Crippen molar-refractivity contribution in [1.82, 2.24) is 9.55 Å². The van der Waals surface area contributed by atoms with Crippen molar-refractivity contribution in [2.75, 3.05) is 20.3 Å². The summed E-state index contributed by atoms with van der Waals surface area (Å²) in [5.41, 5.74) is 1.68. The third kappa shape index (κ3) is 1.90. The minimum atomic E-state index is -0.0647. The van der Waals surface area contributed by atoms with E-state index in [1.54, 1.807) is 11.7 Å². The van der Waals surface area contributed by atoms with Gasteiger partial charge in [-0.1, -0.05) is 0 Å². The van der Waals surface area contributed by atoms with Crippen LogP contribution >= 0.6 is 0 Å². The van der Waals surface area contributed by atoms with Gasteiger partial charge in [-0.15, -0.1) is 0 Å². The standard InChI is InChI=1S/C13H16N2O3/c1-17-10-2-3-12-11(6-10)14-13(16)15(12)7-9-4-5-18-8-9/h2-3,6,9H,4-5,7-8H2,1H3,(H,14,16). The van der Waals surface area contributed by atoms with Gasteiger partial charge >= 0.3 is 5.69 Å². The maximum absolute atomic E-state index is 12.0. The summed E-state index contributed by atoms with van der Waals surface area (Å²) in [4.78, 5) is 14.8. The average molecular weight is 248 g/mol. The average Bonchev–Trinajstić information content (AvgIpc) is 2.98. The van der Waals surface area contributed by atoms with Crippen molar-refractivity contribution in [2.24, 2.45) is 5.92 Å². The molecule has 1 aliphatic heterocycles. The lowest BCUT2D eigenvalue weighted by molar-refractivity contribution is 0.182. The van der Waals surface area contributed by atoms with E-state index in [0.29, 0.717) is 12.5 Å². The van der Waals surface area contributed by atoms with E-state index >= 15 is 0 Å². The Balaban J connectivity index is 2.00. The van der Waals surface area contributed by atoms with Gasteiger partial charge in [-0.05, 0) is 18.6 Å². The number of hydrogen-bond donors (Lipinski definition) is 1. The lowest BCUT2D eigenvalue weighted by Gasteiger charge is -2.08. The number of nitrogens with one attached hydrogen (secondary N) is 1. The Kier molecular flexibility index (Phi) is 2.83. The maximum Gasteiger partial charge on any atom is 0.326 e. The first-order valence-corrected chi connectivity index (χ1v) is 6.12. The van der Waals surface area contributed by atoms with Crippen LogP contribution in [0, 0.1) is 5.92 Å². The molecule has 1 aliphatic rings. The van der Waals surface area contributed by atoms with Gasteiger partial charge in [0.2, 0.25) is 0 Å². The van der Waals surface area contributed by atoms with E-state index in [1.807, 2.05) is 18.2 Å². The summed E-state index contributed by atoms with van der Waals surface area (Å²) in [6.07, 6.45) is 1.02. The van der Waals surface area contributed by atoms with Crippen molar-refractivity contribution < 1.29 is 9.47 Å². The zero-order chi connectivity index (χ0) is 12.5. The van der Waals surface area contributed by atoms with Gasteiger partial charge in [-0.25, -0.2) is 4.79 Å². The summed E-state index contributed by atoms with van der Waals surface area (Å²) in [7, 11) is 1.62. The first-order chi connectivity index (χ1) is 8.78. The molecule has 5 nitrogen and oxygen atoms in total. The fourth-order valence-electron chi connectivity index (χ4n) is 2.44. The monoisotopic (exact) mass is 248 g/mol. The molecule has 2 aromatic rings. The number of rotatable bonds is 3. The zero-order valence-corrected chi connectivity index (χ0v) is 10.3. The van der Waals surface area contributed by atoms with E-state index in [4.69, 9.17) is 9.47 Å². The maximum atomic E-state index is 12.0. The topological polar surface area (TPSA) is 56.2 Å². The lowest BCUT2D eigenvalue weighted by atomic mass is 10.1. The molecule has 5 heteroatoms. The molecule has 0 saturated carbocycles. The van der Waals surface area contributed by atoms with Crippen LogP contribution in [0.15, 0.2) is 23.0 Å². The van der Waals surface area contributed by atoms with Crippen LogP contribution in [0.1, 0.15) is 6.42 Å². The number of nitrogens with zero attached hydrogens (tertiary/aromatic N) is 1. The normalized spacial score (nSPS) is 19.5. The molecule has 3 rings (SSSR count). The molecule has 1 aromatic carbocycles. The van der Waals surface area contributed by atoms with Crippen molar-refractivity contribution >= 4 is 11.0 Å². The summed E-state index contributed by atoms with van der Waals surface area (Å²) in [6, 6.07) is 5.64. The van der Waals surface area contributed by atoms with Crippen LogP contribution in [-0.2, 0) is 11.3 Å². The smallest absolute Gasteiger partial charge is 0.326 e. The Morgan fingerprint density at radius 1 is 1.56 bits per heavy atom. The van der Waals surface area contributed by atoms with Crippen LogP contribution in [0.3, 0.4) is 0 Å². The third-order valence-corrected chi connectivity index (χ3v) is 3.45. The summed E-state index contributed by atoms with van der Waals surface area (Å²) >= 11 is 0. The van der Waals surface area contributed by atoms with E-state index in [0.717, 1.165) is 36.4 Å². The molecule has 0 aliphatic carbocycles. The number of methoxy groups -OCH3 is 1. The lowest BCUT2D eigenvalue weighted by Crippen LogP contribution is -2.21. The van der Waals surface area contributed by atoms with Gasteiger partial charge in [0.1, 0.15) is 5.75 Å². The molecule has 0 radical (unpaired) electrons. The van der Waals surface area contributed by atoms with Crippen molar-refractivity contribution in [2.45, 2.75) is 13.0 Å². The molecular formula is C13H16N2O3. The number of benzene rings is 1. The second kappa shape index (κ2) is 4.49. The predicted octanol–water partition coefficient (Wildman–Crippen LogP) is 1.37. The molecule has 18 heavy (non-hydrogen) atoms. The number of hydrogen-bond acceptors (Lipinski definition) is 3. The summed E-state index contributed by atoms with van der Waals surface area (Å²) in [6.45, 7) is 2.26. The van der Waals surface area contributed by atoms with Crippen LogP contribution < -0.4 is 10.4 Å². The van der Waals surface area contributed by atoms with Crippen LogP contribution in [-0.4, -0.2) is 29.9 Å². The largest absolute Gasteiger partial charge is 0.497 e. The highest BCUT2D eigenvalue weighted by Crippen LogP contribution is 2.20. The second-order valence-corrected chi connectivity index (χ2v) is 4.65. The SMILES string of the molecule is COc1ccc2c(c1)[nH]c(=O)n2CC1CCOC1. The first kappa shape index (κ1) is 11.3. The van der Waals surface area contributed by atoms with E-state index in [1.165, 1.54) is 0 Å². The molecule has 1 fully saturated rings. The fraction of sp³-hybridized carbons (Fsp3) is 0.462. The van der Waals surface area contributed by atoms with Gasteiger partial charge in [0.05, 0.1) is 24.8 Å². The molecule has 0 amide bonds. The Morgan fingerprint density at radius 2 is 2.44 bits per heavy atom. The van der Waals surface area contributed by atoms with E-state index in [2.05, 4.69) is 4.98 Å². The molecule has 96 valence electrons. The Bertz CT molecular complexity index is 608. The highest BCUT2D eigenvalue weighted by molar-refractivity contribution is 5.76. The van der Waals surface area contributed by atoms with Crippen LogP contribution in [0.25, 0.3) is 11.0 Å². The Morgan fingerprint density at radius 3 is 3.17 bits per heavy atom. The molecule has 2 heterocycles. The van der Waals surface area contributed by atoms with Crippen molar-refractivity contribution in [3.05, 3.63) is 28.7 Å². The molecule has 0 bridgehead atoms. The van der Waals surface area contributed by atoms with E-state index in [-0.39, 0.29) is 5.69 Å². The summed E-state index contributed by atoms with van der Waals surface area (Å²) < 4.78 is 12.3. The van der Waals surface area contributed by atoms with Gasteiger partial charge in [0, 0.05) is 25.1 Å². The molecule has 1 N–H and O–H groups in total. The molecule has 1 saturated heterocycles. The zero-order valence-electron chi connectivity index (χ0n) is 10.3. The fourth-order valence-corrected chi connectivity index (χ4v) is 2.44. The van der Waals surface area contributed by atoms with Gasteiger partial charge in [-0.3, -0.25) is 4.57 Å². The summed E-state index contributed by atoms with van der Waals surface area (Å²) in [5, 5.41) is 0. The highest BCUT2D eigenvalue weighted by atomic mass is 16.5. The van der Waals surface area contributed by atoms with Crippen LogP contribution in [0.2, 0.25) is 0 Å². The number of imidazole rings is 1. The minimum absolute atomic E-state index is 0.0647. The molecular weight excluding hydrogens is 232 g/mol. The highest BCUT2D eigenvalue weighted by Gasteiger charge is 2.18. The molecule has 1 atom stereocenters. The number of ether oxygens (including phenoxy) is 2. The third-order valence-electron chi connectivity index (χ3n) is 3.45. The Labute approximate surface area is 104 Å². The van der Waals surface area contributed by atoms with Crippen molar-refractivity contribution in [3.8, 4) is 5.75 Å². The number of fused-ring (bicyclic) bond motifs is 1. The predicted molar refractivity (Wildman–Crippen MR) is 68.0 cm³/mol.